The molecule has 3 N–H and O–H groups in total. The van der Waals surface area contributed by atoms with Crippen LogP contribution in [0.25, 0.3) is 0 Å². The molecule has 1 aromatic carbocycles. The smallest absolute Gasteiger partial charge is 0.242 e. The van der Waals surface area contributed by atoms with Gasteiger partial charge in [0.1, 0.15) is 6.04 Å². The maximum absolute atomic E-state index is 11.8. The van der Waals surface area contributed by atoms with Crippen LogP contribution in [0.1, 0.15) is 12.8 Å². The molecule has 1 heterocycles. The van der Waals surface area contributed by atoms with Crippen LogP contribution in [0.4, 0.5) is 5.69 Å². The summed E-state index contributed by atoms with van der Waals surface area (Å²) in [4.78, 5) is 22.7. The second-order valence-electron chi connectivity index (χ2n) is 4.74. The molecule has 0 spiro atoms. The van der Waals surface area contributed by atoms with E-state index < -0.39 is 16.1 Å². The van der Waals surface area contributed by atoms with E-state index in [1.165, 1.54) is 0 Å². The van der Waals surface area contributed by atoms with Gasteiger partial charge in [-0.25, -0.2) is 8.42 Å². The molecule has 0 aromatic heterocycles. The van der Waals surface area contributed by atoms with Gasteiger partial charge in [-0.1, -0.05) is 18.2 Å². The Morgan fingerprint density at radius 2 is 2.00 bits per heavy atom. The number of hydrogen-bond donors (Lipinski definition) is 3. The molecule has 7 nitrogen and oxygen atoms in total. The molecule has 1 aromatic rings. The molecule has 114 valence electrons. The van der Waals surface area contributed by atoms with Crippen molar-refractivity contribution in [2.45, 2.75) is 18.9 Å². The molecular formula is C13H17N3O4S. The van der Waals surface area contributed by atoms with Gasteiger partial charge in [0.15, 0.2) is 0 Å². The predicted molar refractivity (Wildman–Crippen MR) is 78.0 cm³/mol. The van der Waals surface area contributed by atoms with Gasteiger partial charge in [-0.3, -0.25) is 14.3 Å². The Labute approximate surface area is 123 Å². The lowest BCUT2D eigenvalue weighted by Crippen LogP contribution is -2.43. The minimum atomic E-state index is -3.52. The van der Waals surface area contributed by atoms with Crippen LogP contribution < -0.4 is 15.4 Å². The molecule has 21 heavy (non-hydrogen) atoms. The molecule has 1 aliphatic rings. The molecule has 0 saturated carbocycles. The zero-order chi connectivity index (χ0) is 15.3. The minimum absolute atomic E-state index is 0.00658. The zero-order valence-corrected chi connectivity index (χ0v) is 12.2. The van der Waals surface area contributed by atoms with E-state index in [9.17, 15) is 18.0 Å². The van der Waals surface area contributed by atoms with E-state index in [-0.39, 0.29) is 24.1 Å². The Morgan fingerprint density at radius 3 is 2.62 bits per heavy atom. The molecule has 8 heteroatoms. The maximum atomic E-state index is 11.8. The number of carbonyl (C=O) groups excluding carboxylic acids is 2. The Hall–Kier alpha value is -2.09. The highest BCUT2D eigenvalue weighted by molar-refractivity contribution is 7.92. The largest absolute Gasteiger partial charge is 0.353 e. The van der Waals surface area contributed by atoms with Gasteiger partial charge in [-0.05, 0) is 18.6 Å². The summed E-state index contributed by atoms with van der Waals surface area (Å²) in [5.74, 6) is -0.738. The van der Waals surface area contributed by atoms with E-state index in [0.717, 1.165) is 0 Å². The summed E-state index contributed by atoms with van der Waals surface area (Å²) >= 11 is 0. The summed E-state index contributed by atoms with van der Waals surface area (Å²) in [6.45, 7) is -0.00658. The average Bonchev–Trinajstić information content (AvgIpc) is 2.86. The Morgan fingerprint density at radius 1 is 1.29 bits per heavy atom. The summed E-state index contributed by atoms with van der Waals surface area (Å²) in [5, 5.41) is 5.04. The van der Waals surface area contributed by atoms with Gasteiger partial charge in [0.25, 0.3) is 0 Å². The fraction of sp³-hybridized carbons (Fsp3) is 0.385. The lowest BCUT2D eigenvalue weighted by molar-refractivity contribution is -0.125. The van der Waals surface area contributed by atoms with E-state index in [1.54, 1.807) is 30.3 Å². The van der Waals surface area contributed by atoms with Gasteiger partial charge < -0.3 is 10.6 Å². The van der Waals surface area contributed by atoms with Crippen LogP contribution in [0.2, 0.25) is 0 Å². The molecule has 1 unspecified atom stereocenters. The molecule has 2 rings (SSSR count). The van der Waals surface area contributed by atoms with Crippen molar-refractivity contribution in [1.82, 2.24) is 10.6 Å². The quantitative estimate of drug-likeness (QED) is 0.678. The highest BCUT2D eigenvalue weighted by atomic mass is 32.2. The van der Waals surface area contributed by atoms with Gasteiger partial charge >= 0.3 is 0 Å². The number of benzene rings is 1. The van der Waals surface area contributed by atoms with Crippen LogP contribution >= 0.6 is 0 Å². The lowest BCUT2D eigenvalue weighted by atomic mass is 10.2. The molecule has 1 fully saturated rings. The monoisotopic (exact) mass is 311 g/mol. The van der Waals surface area contributed by atoms with Crippen LogP contribution in [-0.4, -0.2) is 38.6 Å². The molecule has 1 atom stereocenters. The van der Waals surface area contributed by atoms with Crippen LogP contribution in [0.15, 0.2) is 30.3 Å². The van der Waals surface area contributed by atoms with E-state index in [4.69, 9.17) is 0 Å². The van der Waals surface area contributed by atoms with Crippen molar-refractivity contribution in [2.75, 3.05) is 17.0 Å². The highest BCUT2D eigenvalue weighted by Crippen LogP contribution is 2.08. The summed E-state index contributed by atoms with van der Waals surface area (Å²) < 4.78 is 26.1. The third-order valence-electron chi connectivity index (χ3n) is 3.03. The van der Waals surface area contributed by atoms with E-state index in [1.807, 2.05) is 0 Å². The predicted octanol–water partition coefficient (Wildman–Crippen LogP) is -0.177. The first-order chi connectivity index (χ1) is 9.96. The van der Waals surface area contributed by atoms with Crippen LogP contribution in [0.5, 0.6) is 0 Å². The number of para-hydroxylation sites is 1. The van der Waals surface area contributed by atoms with Gasteiger partial charge in [-0.15, -0.1) is 0 Å². The van der Waals surface area contributed by atoms with Gasteiger partial charge in [0, 0.05) is 18.7 Å². The van der Waals surface area contributed by atoms with Gasteiger partial charge in [0.2, 0.25) is 21.8 Å². The van der Waals surface area contributed by atoms with E-state index >= 15 is 0 Å². The van der Waals surface area contributed by atoms with Crippen LogP contribution in [0.3, 0.4) is 0 Å². The second kappa shape index (κ2) is 6.57. The number of carbonyl (C=O) groups is 2. The van der Waals surface area contributed by atoms with Gasteiger partial charge in [0.05, 0.1) is 5.75 Å². The fourth-order valence-electron chi connectivity index (χ4n) is 1.98. The first-order valence-corrected chi connectivity index (χ1v) is 8.24. The molecule has 1 aliphatic heterocycles. The van der Waals surface area contributed by atoms with Gasteiger partial charge in [-0.2, -0.15) is 0 Å². The SMILES string of the molecule is O=C1CCC(C(=O)NCCS(=O)(=O)Nc2ccccc2)N1. The third-order valence-corrected chi connectivity index (χ3v) is 4.32. The number of nitrogens with one attached hydrogen (secondary N) is 3. The fourth-order valence-corrected chi connectivity index (χ4v) is 2.95. The van der Waals surface area contributed by atoms with Crippen molar-refractivity contribution in [2.24, 2.45) is 0 Å². The Balaban J connectivity index is 1.77. The number of rotatable bonds is 6. The average molecular weight is 311 g/mol. The minimum Gasteiger partial charge on any atom is -0.353 e. The van der Waals surface area contributed by atoms with Crippen molar-refractivity contribution < 1.29 is 18.0 Å². The summed E-state index contributed by atoms with van der Waals surface area (Å²) in [6, 6.07) is 7.97. The van der Waals surface area contributed by atoms with E-state index in [2.05, 4.69) is 15.4 Å². The number of sulfonamides is 1. The van der Waals surface area contributed by atoms with Crippen molar-refractivity contribution in [3.8, 4) is 0 Å². The maximum Gasteiger partial charge on any atom is 0.242 e. The molecular weight excluding hydrogens is 294 g/mol. The molecule has 1 saturated heterocycles. The molecule has 2 amide bonds. The second-order valence-corrected chi connectivity index (χ2v) is 6.58. The van der Waals surface area contributed by atoms with Crippen LogP contribution in [-0.2, 0) is 19.6 Å². The summed E-state index contributed by atoms with van der Waals surface area (Å²) in [7, 11) is -3.52. The first kappa shape index (κ1) is 15.3. The molecule has 0 aliphatic carbocycles. The summed E-state index contributed by atoms with van der Waals surface area (Å²) in [5.41, 5.74) is 0.479. The molecule has 0 radical (unpaired) electrons. The lowest BCUT2D eigenvalue weighted by Gasteiger charge is -2.12. The normalized spacial score (nSPS) is 18.1. The van der Waals surface area contributed by atoms with Crippen molar-refractivity contribution in [1.29, 1.82) is 0 Å². The molecule has 0 bridgehead atoms. The van der Waals surface area contributed by atoms with Crippen molar-refractivity contribution >= 4 is 27.5 Å². The zero-order valence-electron chi connectivity index (χ0n) is 11.3. The Kier molecular flexibility index (Phi) is 4.79. The first-order valence-electron chi connectivity index (χ1n) is 6.59. The highest BCUT2D eigenvalue weighted by Gasteiger charge is 2.27. The Bertz CT molecular complexity index is 616. The number of anilines is 1. The van der Waals surface area contributed by atoms with Crippen molar-refractivity contribution in [3.63, 3.8) is 0 Å². The standard InChI is InChI=1S/C13H17N3O4S/c17-12-7-6-11(15-12)13(18)14-8-9-21(19,20)16-10-4-2-1-3-5-10/h1-5,11,16H,6-9H2,(H,14,18)(H,15,17). The van der Waals surface area contributed by atoms with E-state index in [0.29, 0.717) is 18.5 Å². The van der Waals surface area contributed by atoms with Crippen molar-refractivity contribution in [3.05, 3.63) is 30.3 Å². The third kappa shape index (κ3) is 4.75. The number of amides is 2. The summed E-state index contributed by atoms with van der Waals surface area (Å²) in [6.07, 6.45) is 0.769. The topological polar surface area (TPSA) is 104 Å². The van der Waals surface area contributed by atoms with Crippen LogP contribution in [0, 0.1) is 0 Å². The number of hydrogen-bond acceptors (Lipinski definition) is 4.